The minimum absolute atomic E-state index is 0.198. The Bertz CT molecular complexity index is 356. The molecule has 2 nitrogen and oxygen atoms in total. The van der Waals surface area contributed by atoms with Gasteiger partial charge in [-0.05, 0) is 37.6 Å². The lowest BCUT2D eigenvalue weighted by Gasteiger charge is -2.34. The Labute approximate surface area is 95.7 Å². The largest absolute Gasteiger partial charge is 0.393 e. The molecular formula is C13H18FNO. The van der Waals surface area contributed by atoms with Gasteiger partial charge in [0.15, 0.2) is 0 Å². The Morgan fingerprint density at radius 3 is 3.06 bits per heavy atom. The van der Waals surface area contributed by atoms with Gasteiger partial charge in [-0.3, -0.25) is 0 Å². The minimum atomic E-state index is -0.250. The molecule has 0 aliphatic carbocycles. The van der Waals surface area contributed by atoms with Crippen molar-refractivity contribution >= 4 is 0 Å². The molecule has 0 spiro atoms. The fraction of sp³-hybridized carbons (Fsp3) is 0.538. The lowest BCUT2D eigenvalue weighted by Crippen LogP contribution is -2.41. The molecule has 1 aliphatic heterocycles. The number of likely N-dealkylation sites (tertiary alicyclic amines) is 1. The van der Waals surface area contributed by atoms with Crippen LogP contribution in [0.3, 0.4) is 0 Å². The number of nitrogens with zero attached hydrogens (tertiary/aromatic N) is 1. The van der Waals surface area contributed by atoms with Crippen LogP contribution in [0.15, 0.2) is 24.3 Å². The van der Waals surface area contributed by atoms with Gasteiger partial charge in [0.2, 0.25) is 0 Å². The highest BCUT2D eigenvalue weighted by Crippen LogP contribution is 2.20. The van der Waals surface area contributed by atoms with Crippen LogP contribution in [0.5, 0.6) is 0 Å². The van der Waals surface area contributed by atoms with Gasteiger partial charge in [0, 0.05) is 19.0 Å². The van der Waals surface area contributed by atoms with E-state index in [0.29, 0.717) is 0 Å². The molecule has 16 heavy (non-hydrogen) atoms. The van der Waals surface area contributed by atoms with Gasteiger partial charge in [0.1, 0.15) is 5.82 Å². The fourth-order valence-corrected chi connectivity index (χ4v) is 2.37. The maximum Gasteiger partial charge on any atom is 0.123 e. The minimum Gasteiger partial charge on any atom is -0.393 e. The topological polar surface area (TPSA) is 23.5 Å². The number of aliphatic hydroxyl groups excluding tert-OH is 1. The highest BCUT2D eigenvalue weighted by atomic mass is 19.1. The van der Waals surface area contributed by atoms with Crippen molar-refractivity contribution in [2.75, 3.05) is 20.1 Å². The van der Waals surface area contributed by atoms with Crippen molar-refractivity contribution in [3.05, 3.63) is 35.6 Å². The highest BCUT2D eigenvalue weighted by molar-refractivity contribution is 5.17. The Balaban J connectivity index is 2.02. The maximum absolute atomic E-state index is 13.0. The normalized spacial score (nSPS) is 26.9. The summed E-state index contributed by atoms with van der Waals surface area (Å²) in [4.78, 5) is 2.22. The molecule has 2 rings (SSSR count). The third-order valence-electron chi connectivity index (χ3n) is 3.28. The lowest BCUT2D eigenvalue weighted by molar-refractivity contribution is 0.0366. The van der Waals surface area contributed by atoms with Crippen LogP contribution in [-0.4, -0.2) is 36.2 Å². The monoisotopic (exact) mass is 223 g/mol. The average molecular weight is 223 g/mol. The molecule has 0 radical (unpaired) electrons. The van der Waals surface area contributed by atoms with E-state index in [0.717, 1.165) is 31.5 Å². The average Bonchev–Trinajstić information content (AvgIpc) is 2.24. The van der Waals surface area contributed by atoms with Gasteiger partial charge in [0.25, 0.3) is 0 Å². The number of hydrogen-bond donors (Lipinski definition) is 1. The zero-order valence-corrected chi connectivity index (χ0v) is 9.56. The number of piperidine rings is 1. The molecule has 0 saturated carbocycles. The third kappa shape index (κ3) is 2.80. The van der Waals surface area contributed by atoms with E-state index in [4.69, 9.17) is 0 Å². The summed E-state index contributed by atoms with van der Waals surface area (Å²) in [7, 11) is 2.06. The van der Waals surface area contributed by atoms with Gasteiger partial charge in [0.05, 0.1) is 6.10 Å². The molecule has 2 unspecified atom stereocenters. The predicted octanol–water partition coefficient (Wildman–Crippen LogP) is 1.68. The number of aliphatic hydroxyl groups is 1. The van der Waals surface area contributed by atoms with Crippen LogP contribution in [0.1, 0.15) is 12.0 Å². The maximum atomic E-state index is 13.0. The van der Waals surface area contributed by atoms with Crippen LogP contribution < -0.4 is 0 Å². The SMILES string of the molecule is CN1CCC(O)C(Cc2cccc(F)c2)C1. The van der Waals surface area contributed by atoms with Gasteiger partial charge in [-0.25, -0.2) is 4.39 Å². The second kappa shape index (κ2) is 4.93. The van der Waals surface area contributed by atoms with Gasteiger partial charge in [-0.1, -0.05) is 12.1 Å². The first-order valence-corrected chi connectivity index (χ1v) is 5.76. The van der Waals surface area contributed by atoms with E-state index < -0.39 is 0 Å². The molecule has 1 aromatic carbocycles. The van der Waals surface area contributed by atoms with Crippen molar-refractivity contribution < 1.29 is 9.50 Å². The quantitative estimate of drug-likeness (QED) is 0.824. The van der Waals surface area contributed by atoms with E-state index in [1.165, 1.54) is 6.07 Å². The zero-order chi connectivity index (χ0) is 11.5. The smallest absolute Gasteiger partial charge is 0.123 e. The molecule has 0 bridgehead atoms. The fourth-order valence-electron chi connectivity index (χ4n) is 2.37. The Morgan fingerprint density at radius 1 is 1.50 bits per heavy atom. The molecule has 1 heterocycles. The van der Waals surface area contributed by atoms with Crippen molar-refractivity contribution in [3.63, 3.8) is 0 Å². The van der Waals surface area contributed by atoms with Crippen LogP contribution in [0, 0.1) is 11.7 Å². The molecule has 0 aromatic heterocycles. The van der Waals surface area contributed by atoms with Crippen LogP contribution in [0.2, 0.25) is 0 Å². The van der Waals surface area contributed by atoms with Crippen molar-refractivity contribution in [2.24, 2.45) is 5.92 Å². The summed E-state index contributed by atoms with van der Waals surface area (Å²) in [5.41, 5.74) is 0.972. The molecule has 1 fully saturated rings. The molecule has 2 atom stereocenters. The van der Waals surface area contributed by atoms with E-state index in [1.54, 1.807) is 12.1 Å². The van der Waals surface area contributed by atoms with Crippen LogP contribution in [-0.2, 0) is 6.42 Å². The first-order valence-electron chi connectivity index (χ1n) is 5.76. The molecule has 88 valence electrons. The Kier molecular flexibility index (Phi) is 3.56. The number of rotatable bonds is 2. The van der Waals surface area contributed by atoms with E-state index in [2.05, 4.69) is 11.9 Å². The molecule has 1 aromatic rings. The molecule has 0 amide bonds. The second-order valence-corrected chi connectivity index (χ2v) is 4.71. The Morgan fingerprint density at radius 2 is 2.31 bits per heavy atom. The highest BCUT2D eigenvalue weighted by Gasteiger charge is 2.25. The van der Waals surface area contributed by atoms with Crippen molar-refractivity contribution in [1.82, 2.24) is 4.90 Å². The first kappa shape index (κ1) is 11.6. The lowest BCUT2D eigenvalue weighted by atomic mass is 9.89. The summed E-state index contributed by atoms with van der Waals surface area (Å²) in [6.45, 7) is 1.83. The van der Waals surface area contributed by atoms with Gasteiger partial charge < -0.3 is 10.0 Å². The molecule has 1 aliphatic rings. The van der Waals surface area contributed by atoms with E-state index in [9.17, 15) is 9.50 Å². The van der Waals surface area contributed by atoms with E-state index in [1.807, 2.05) is 6.07 Å². The van der Waals surface area contributed by atoms with Crippen molar-refractivity contribution in [1.29, 1.82) is 0 Å². The standard InChI is InChI=1S/C13H18FNO/c1-15-6-5-13(16)11(9-15)7-10-3-2-4-12(14)8-10/h2-4,8,11,13,16H,5-7,9H2,1H3. The van der Waals surface area contributed by atoms with Crippen molar-refractivity contribution in [3.8, 4) is 0 Å². The molecular weight excluding hydrogens is 205 g/mol. The number of benzene rings is 1. The molecule has 1 saturated heterocycles. The summed E-state index contributed by atoms with van der Waals surface area (Å²) < 4.78 is 13.0. The molecule has 3 heteroatoms. The first-order chi connectivity index (χ1) is 7.65. The van der Waals surface area contributed by atoms with Crippen molar-refractivity contribution in [2.45, 2.75) is 18.9 Å². The van der Waals surface area contributed by atoms with Gasteiger partial charge in [-0.15, -0.1) is 0 Å². The predicted molar refractivity (Wildman–Crippen MR) is 61.7 cm³/mol. The van der Waals surface area contributed by atoms with Crippen LogP contribution in [0.25, 0.3) is 0 Å². The Hall–Kier alpha value is -0.930. The van der Waals surface area contributed by atoms with Crippen LogP contribution in [0.4, 0.5) is 4.39 Å². The molecule has 1 N–H and O–H groups in total. The summed E-state index contributed by atoms with van der Waals surface area (Å²) in [5, 5.41) is 9.90. The van der Waals surface area contributed by atoms with E-state index in [-0.39, 0.29) is 17.8 Å². The third-order valence-corrected chi connectivity index (χ3v) is 3.28. The van der Waals surface area contributed by atoms with Crippen LogP contribution >= 0.6 is 0 Å². The summed E-state index contributed by atoms with van der Waals surface area (Å²) in [5.74, 6) is 0.0247. The number of hydrogen-bond acceptors (Lipinski definition) is 2. The number of halogens is 1. The summed E-state index contributed by atoms with van der Waals surface area (Å²) in [6, 6.07) is 6.66. The van der Waals surface area contributed by atoms with E-state index >= 15 is 0 Å². The summed E-state index contributed by atoms with van der Waals surface area (Å²) >= 11 is 0. The summed E-state index contributed by atoms with van der Waals surface area (Å²) in [6.07, 6.45) is 1.32. The van der Waals surface area contributed by atoms with Gasteiger partial charge >= 0.3 is 0 Å². The zero-order valence-electron chi connectivity index (χ0n) is 9.56. The second-order valence-electron chi connectivity index (χ2n) is 4.71. The van der Waals surface area contributed by atoms with Gasteiger partial charge in [-0.2, -0.15) is 0 Å².